The van der Waals surface area contributed by atoms with Crippen molar-refractivity contribution in [3.05, 3.63) is 23.8 Å². The normalized spacial score (nSPS) is 27.7. The minimum atomic E-state index is -4.41. The van der Waals surface area contributed by atoms with Crippen molar-refractivity contribution in [2.24, 2.45) is 5.92 Å². The van der Waals surface area contributed by atoms with Crippen molar-refractivity contribution in [3.8, 4) is 0 Å². The molecule has 0 saturated carbocycles. The van der Waals surface area contributed by atoms with E-state index < -0.39 is 32.8 Å². The van der Waals surface area contributed by atoms with Gasteiger partial charge in [-0.2, -0.15) is 13.2 Å². The van der Waals surface area contributed by atoms with Gasteiger partial charge in [-0.05, 0) is 5.92 Å². The summed E-state index contributed by atoms with van der Waals surface area (Å²) in [6, 6.07) is 0. The summed E-state index contributed by atoms with van der Waals surface area (Å²) in [4.78, 5) is 0. The lowest BCUT2D eigenvalue weighted by Gasteiger charge is -2.22. The van der Waals surface area contributed by atoms with Crippen molar-refractivity contribution in [2.75, 3.05) is 6.26 Å². The molecule has 0 bridgehead atoms. The molecule has 2 unspecified atom stereocenters. The first-order valence-electron chi connectivity index (χ1n) is 4.28. The molecule has 0 aromatic rings. The summed E-state index contributed by atoms with van der Waals surface area (Å²) in [5.74, 6) is -0.651. The first kappa shape index (κ1) is 12.3. The van der Waals surface area contributed by atoms with Gasteiger partial charge in [-0.15, -0.1) is 0 Å². The number of hydrogen-bond acceptors (Lipinski definition) is 2. The summed E-state index contributed by atoms with van der Waals surface area (Å²) in [7, 11) is -3.34. The fourth-order valence-electron chi connectivity index (χ4n) is 1.53. The van der Waals surface area contributed by atoms with Gasteiger partial charge in [0.05, 0.1) is 10.8 Å². The third-order valence-corrected chi connectivity index (χ3v) is 3.82. The molecular formula is C9H11F3O2S. The third kappa shape index (κ3) is 2.84. The highest BCUT2D eigenvalue weighted by atomic mass is 32.2. The number of hydrogen-bond donors (Lipinski definition) is 0. The smallest absolute Gasteiger partial charge is 0.228 e. The van der Waals surface area contributed by atoms with E-state index in [0.29, 0.717) is 0 Å². The number of halogens is 3. The molecule has 0 amide bonds. The van der Waals surface area contributed by atoms with Crippen LogP contribution in [0.1, 0.15) is 6.92 Å². The van der Waals surface area contributed by atoms with Gasteiger partial charge in [0.25, 0.3) is 0 Å². The summed E-state index contributed by atoms with van der Waals surface area (Å²) < 4.78 is 59.2. The molecule has 0 aromatic carbocycles. The molecule has 0 radical (unpaired) electrons. The van der Waals surface area contributed by atoms with Gasteiger partial charge in [-0.25, -0.2) is 8.42 Å². The van der Waals surface area contributed by atoms with Crippen LogP contribution in [0.2, 0.25) is 0 Å². The molecule has 1 aliphatic rings. The molecule has 0 N–H and O–H groups in total. The van der Waals surface area contributed by atoms with Gasteiger partial charge in [0, 0.05) is 6.26 Å². The highest BCUT2D eigenvalue weighted by Gasteiger charge is 2.36. The van der Waals surface area contributed by atoms with Crippen molar-refractivity contribution in [1.29, 1.82) is 0 Å². The quantitative estimate of drug-likeness (QED) is 0.703. The minimum absolute atomic E-state index is 0.651. The van der Waals surface area contributed by atoms with Crippen LogP contribution in [-0.2, 0) is 9.84 Å². The number of allylic oxidation sites excluding steroid dienone is 3. The lowest BCUT2D eigenvalue weighted by molar-refractivity contribution is -0.0888. The van der Waals surface area contributed by atoms with Gasteiger partial charge in [-0.1, -0.05) is 25.2 Å². The second kappa shape index (κ2) is 3.66. The van der Waals surface area contributed by atoms with Crippen molar-refractivity contribution >= 4 is 9.84 Å². The van der Waals surface area contributed by atoms with E-state index in [1.54, 1.807) is 0 Å². The van der Waals surface area contributed by atoms with E-state index in [1.807, 2.05) is 0 Å². The van der Waals surface area contributed by atoms with E-state index in [-0.39, 0.29) is 0 Å². The largest absolute Gasteiger partial charge is 0.416 e. The first-order chi connectivity index (χ1) is 6.62. The Labute approximate surface area is 86.4 Å². The van der Waals surface area contributed by atoms with E-state index in [4.69, 9.17) is 0 Å². The predicted molar refractivity (Wildman–Crippen MR) is 51.1 cm³/mol. The zero-order valence-corrected chi connectivity index (χ0v) is 9.06. The van der Waals surface area contributed by atoms with E-state index in [1.165, 1.54) is 6.92 Å². The number of rotatable bonds is 1. The fourth-order valence-corrected chi connectivity index (χ4v) is 2.75. The second-order valence-corrected chi connectivity index (χ2v) is 5.84. The first-order valence-corrected chi connectivity index (χ1v) is 6.24. The topological polar surface area (TPSA) is 34.1 Å². The Morgan fingerprint density at radius 3 is 2.20 bits per heavy atom. The summed E-state index contributed by atoms with van der Waals surface area (Å²) in [6.07, 6.45) is -0.515. The van der Waals surface area contributed by atoms with Crippen molar-refractivity contribution in [3.63, 3.8) is 0 Å². The Hall–Kier alpha value is -0.780. The maximum absolute atomic E-state index is 12.3. The average Bonchev–Trinajstić information content (AvgIpc) is 1.99. The summed E-state index contributed by atoms with van der Waals surface area (Å²) in [6.45, 7) is 1.46. The second-order valence-electron chi connectivity index (χ2n) is 3.63. The molecule has 0 saturated heterocycles. The number of sulfone groups is 1. The van der Waals surface area contributed by atoms with Crippen LogP contribution in [0.25, 0.3) is 0 Å². The molecule has 0 aliphatic heterocycles. The zero-order valence-electron chi connectivity index (χ0n) is 8.25. The van der Waals surface area contributed by atoms with Crippen LogP contribution in [0.5, 0.6) is 0 Å². The maximum atomic E-state index is 12.3. The Balaban J connectivity index is 3.00. The van der Waals surface area contributed by atoms with E-state index in [2.05, 4.69) is 0 Å². The van der Waals surface area contributed by atoms with Crippen LogP contribution in [0.3, 0.4) is 0 Å². The molecule has 0 fully saturated rings. The highest BCUT2D eigenvalue weighted by molar-refractivity contribution is 7.91. The minimum Gasteiger partial charge on any atom is -0.228 e. The zero-order chi connectivity index (χ0) is 11.9. The maximum Gasteiger partial charge on any atom is 0.416 e. The van der Waals surface area contributed by atoms with Crippen LogP contribution >= 0.6 is 0 Å². The molecule has 1 rings (SSSR count). The molecule has 15 heavy (non-hydrogen) atoms. The third-order valence-electron chi connectivity index (χ3n) is 2.25. The molecule has 2 atom stereocenters. The molecule has 0 spiro atoms. The van der Waals surface area contributed by atoms with Gasteiger partial charge in [-0.3, -0.25) is 0 Å². The van der Waals surface area contributed by atoms with Gasteiger partial charge in [0.15, 0.2) is 9.84 Å². The van der Waals surface area contributed by atoms with Gasteiger partial charge in [0.1, 0.15) is 0 Å². The van der Waals surface area contributed by atoms with Crippen molar-refractivity contribution in [1.82, 2.24) is 0 Å². The van der Waals surface area contributed by atoms with Gasteiger partial charge >= 0.3 is 6.18 Å². The monoisotopic (exact) mass is 240 g/mol. The van der Waals surface area contributed by atoms with Crippen LogP contribution < -0.4 is 0 Å². The Bertz CT molecular complexity index is 404. The van der Waals surface area contributed by atoms with Gasteiger partial charge < -0.3 is 0 Å². The average molecular weight is 240 g/mol. The lowest BCUT2D eigenvalue weighted by atomic mass is 9.97. The summed E-state index contributed by atoms with van der Waals surface area (Å²) in [5, 5.41) is -0.858. The summed E-state index contributed by atoms with van der Waals surface area (Å²) in [5.41, 5.74) is -0.782. The molecular weight excluding hydrogens is 229 g/mol. The van der Waals surface area contributed by atoms with Gasteiger partial charge in [0.2, 0.25) is 0 Å². The van der Waals surface area contributed by atoms with Crippen LogP contribution in [0.4, 0.5) is 13.2 Å². The van der Waals surface area contributed by atoms with E-state index >= 15 is 0 Å². The van der Waals surface area contributed by atoms with E-state index in [9.17, 15) is 21.6 Å². The number of alkyl halides is 3. The molecule has 0 heterocycles. The molecule has 0 aromatic heterocycles. The van der Waals surface area contributed by atoms with Crippen molar-refractivity contribution in [2.45, 2.75) is 18.3 Å². The van der Waals surface area contributed by atoms with E-state index in [0.717, 1.165) is 24.5 Å². The molecule has 6 heteroatoms. The lowest BCUT2D eigenvalue weighted by Crippen LogP contribution is -2.28. The fraction of sp³-hybridized carbons (Fsp3) is 0.556. The summed E-state index contributed by atoms with van der Waals surface area (Å²) >= 11 is 0. The Morgan fingerprint density at radius 1 is 1.33 bits per heavy atom. The Morgan fingerprint density at radius 2 is 1.87 bits per heavy atom. The predicted octanol–water partition coefficient (Wildman–Crippen LogP) is 2.09. The van der Waals surface area contributed by atoms with Crippen LogP contribution in [0.15, 0.2) is 23.8 Å². The van der Waals surface area contributed by atoms with Crippen LogP contribution in [-0.4, -0.2) is 26.1 Å². The standard InChI is InChI=1S/C9H11F3O2S/c1-6-5-7(9(10,11)12)3-4-8(6)15(2,13)14/h3-6,8H,1-2H3. The molecule has 2 nitrogen and oxygen atoms in total. The highest BCUT2D eigenvalue weighted by Crippen LogP contribution is 2.32. The molecule has 1 aliphatic carbocycles. The SMILES string of the molecule is CC1C=C(C(F)(F)F)C=CC1S(C)(=O)=O. The van der Waals surface area contributed by atoms with Crippen LogP contribution in [0, 0.1) is 5.92 Å². The van der Waals surface area contributed by atoms with Crippen molar-refractivity contribution < 1.29 is 21.6 Å². The molecule has 86 valence electrons. The Kier molecular flexibility index (Phi) is 3.00.